The number of anilines is 2. The van der Waals surface area contributed by atoms with E-state index in [0.717, 1.165) is 55.5 Å². The summed E-state index contributed by atoms with van der Waals surface area (Å²) in [6.07, 6.45) is 8.88. The molecule has 30 heavy (non-hydrogen) atoms. The van der Waals surface area contributed by atoms with Crippen molar-refractivity contribution < 1.29 is 9.59 Å². The standard InChI is InChI=1S/C20H23N7O2S/c21-16-2-5-22-11-14(16)12-23-10-13-3-7-27(8-4-13)19-24-6-1-15(25-19)9-17-18(28)26-20(29)30-17/h1-2,5-6,9,11,13,23H,3-4,7-8,10,12H2,(H2,21,22)(H,26,28,29)/b17-9-. The zero-order valence-electron chi connectivity index (χ0n) is 16.4. The molecular weight excluding hydrogens is 402 g/mol. The Labute approximate surface area is 178 Å². The summed E-state index contributed by atoms with van der Waals surface area (Å²) >= 11 is 0.886. The van der Waals surface area contributed by atoms with Crippen LogP contribution in [0.3, 0.4) is 0 Å². The summed E-state index contributed by atoms with van der Waals surface area (Å²) in [4.78, 5) is 38.6. The molecule has 2 aromatic heterocycles. The van der Waals surface area contributed by atoms with E-state index in [1.165, 1.54) is 0 Å². The van der Waals surface area contributed by atoms with E-state index in [1.54, 1.807) is 30.7 Å². The van der Waals surface area contributed by atoms with Crippen LogP contribution in [0.5, 0.6) is 0 Å². The summed E-state index contributed by atoms with van der Waals surface area (Å²) < 4.78 is 0. The highest BCUT2D eigenvalue weighted by Gasteiger charge is 2.25. The Kier molecular flexibility index (Phi) is 6.24. The monoisotopic (exact) mass is 425 g/mol. The molecule has 0 aromatic carbocycles. The predicted octanol–water partition coefficient (Wildman–Crippen LogP) is 1.78. The van der Waals surface area contributed by atoms with Crippen LogP contribution in [0.15, 0.2) is 35.6 Å². The fourth-order valence-corrected chi connectivity index (χ4v) is 4.15. The zero-order chi connectivity index (χ0) is 20.9. The molecule has 0 bridgehead atoms. The number of nitrogens with zero attached hydrogens (tertiary/aromatic N) is 4. The molecule has 2 aliphatic rings. The minimum Gasteiger partial charge on any atom is -0.398 e. The van der Waals surface area contributed by atoms with Crippen LogP contribution < -0.4 is 21.3 Å². The highest BCUT2D eigenvalue weighted by atomic mass is 32.2. The minimum absolute atomic E-state index is 0.351. The predicted molar refractivity (Wildman–Crippen MR) is 116 cm³/mol. The number of pyridine rings is 1. The number of piperidine rings is 1. The lowest BCUT2D eigenvalue weighted by atomic mass is 9.97. The number of nitrogen functional groups attached to an aromatic ring is 1. The largest absolute Gasteiger partial charge is 0.398 e. The van der Waals surface area contributed by atoms with Crippen molar-refractivity contribution in [2.24, 2.45) is 5.92 Å². The molecule has 0 spiro atoms. The molecule has 4 rings (SSSR count). The molecule has 2 saturated heterocycles. The lowest BCUT2D eigenvalue weighted by Crippen LogP contribution is -2.38. The van der Waals surface area contributed by atoms with Crippen LogP contribution in [0.1, 0.15) is 24.1 Å². The number of hydrogen-bond donors (Lipinski definition) is 3. The van der Waals surface area contributed by atoms with Gasteiger partial charge in [-0.1, -0.05) is 0 Å². The molecule has 0 saturated carbocycles. The van der Waals surface area contributed by atoms with Gasteiger partial charge in [0, 0.05) is 49.5 Å². The number of nitrogens with two attached hydrogens (primary N) is 1. The van der Waals surface area contributed by atoms with Gasteiger partial charge in [0.25, 0.3) is 11.1 Å². The maximum Gasteiger partial charge on any atom is 0.290 e. The molecule has 2 aliphatic heterocycles. The van der Waals surface area contributed by atoms with Crippen LogP contribution in [0.4, 0.5) is 16.4 Å². The molecule has 156 valence electrons. The molecule has 0 unspecified atom stereocenters. The molecule has 2 amide bonds. The lowest BCUT2D eigenvalue weighted by molar-refractivity contribution is -0.115. The first-order chi connectivity index (χ1) is 14.6. The van der Waals surface area contributed by atoms with Gasteiger partial charge in [0.1, 0.15) is 0 Å². The fraction of sp³-hybridized carbons (Fsp3) is 0.350. The SMILES string of the molecule is Nc1ccncc1CNCC1CCN(c2nccc(/C=C3\SC(=O)NC3=O)n2)CC1. The summed E-state index contributed by atoms with van der Waals surface area (Å²) in [7, 11) is 0. The van der Waals surface area contributed by atoms with E-state index in [4.69, 9.17) is 5.73 Å². The van der Waals surface area contributed by atoms with Crippen LogP contribution >= 0.6 is 11.8 Å². The Hall–Kier alpha value is -2.98. The second-order valence-electron chi connectivity index (χ2n) is 7.27. The smallest absolute Gasteiger partial charge is 0.290 e. The van der Waals surface area contributed by atoms with E-state index in [1.807, 2.05) is 6.07 Å². The van der Waals surface area contributed by atoms with Crippen molar-refractivity contribution >= 4 is 40.6 Å². The molecule has 2 fully saturated rings. The Morgan fingerprint density at radius 2 is 2.10 bits per heavy atom. The van der Waals surface area contributed by atoms with Gasteiger partial charge in [-0.3, -0.25) is 19.9 Å². The summed E-state index contributed by atoms with van der Waals surface area (Å²) in [5, 5.41) is 5.37. The number of carbonyl (C=O) groups excluding carboxylic acids is 2. The van der Waals surface area contributed by atoms with Crippen LogP contribution in [0.25, 0.3) is 6.08 Å². The first kappa shape index (κ1) is 20.3. The van der Waals surface area contributed by atoms with E-state index in [9.17, 15) is 9.59 Å². The van der Waals surface area contributed by atoms with Crippen molar-refractivity contribution in [1.29, 1.82) is 0 Å². The number of aromatic nitrogens is 3. The third-order valence-electron chi connectivity index (χ3n) is 5.17. The number of amides is 2. The number of rotatable bonds is 6. The maximum atomic E-state index is 11.7. The third-order valence-corrected chi connectivity index (χ3v) is 5.98. The summed E-state index contributed by atoms with van der Waals surface area (Å²) in [6, 6.07) is 3.54. The van der Waals surface area contributed by atoms with Crippen molar-refractivity contribution in [2.45, 2.75) is 19.4 Å². The van der Waals surface area contributed by atoms with Gasteiger partial charge < -0.3 is 16.0 Å². The molecule has 10 heteroatoms. The molecule has 0 radical (unpaired) electrons. The molecule has 2 aromatic rings. The van der Waals surface area contributed by atoms with Gasteiger partial charge in [-0.15, -0.1) is 0 Å². The Morgan fingerprint density at radius 1 is 1.27 bits per heavy atom. The Balaban J connectivity index is 1.29. The fourth-order valence-electron chi connectivity index (χ4n) is 3.48. The van der Waals surface area contributed by atoms with Crippen molar-refractivity contribution in [3.05, 3.63) is 46.9 Å². The van der Waals surface area contributed by atoms with E-state index < -0.39 is 0 Å². The van der Waals surface area contributed by atoms with Crippen LogP contribution in [0, 0.1) is 5.92 Å². The van der Waals surface area contributed by atoms with Gasteiger partial charge in [0.05, 0.1) is 10.6 Å². The molecule has 4 N–H and O–H groups in total. The molecule has 4 heterocycles. The van der Waals surface area contributed by atoms with Gasteiger partial charge in [0.15, 0.2) is 0 Å². The number of thioether (sulfide) groups is 1. The van der Waals surface area contributed by atoms with Gasteiger partial charge in [0.2, 0.25) is 5.95 Å². The Bertz CT molecular complexity index is 973. The van der Waals surface area contributed by atoms with Crippen LogP contribution in [-0.4, -0.2) is 45.7 Å². The number of carbonyl (C=O) groups is 2. The van der Waals surface area contributed by atoms with Crippen LogP contribution in [0.2, 0.25) is 0 Å². The van der Waals surface area contributed by atoms with Crippen molar-refractivity contribution in [1.82, 2.24) is 25.6 Å². The maximum absolute atomic E-state index is 11.7. The van der Waals surface area contributed by atoms with Gasteiger partial charge >= 0.3 is 0 Å². The topological polar surface area (TPSA) is 126 Å². The third kappa shape index (κ3) is 4.95. The second-order valence-corrected chi connectivity index (χ2v) is 8.28. The minimum atomic E-state index is -0.383. The van der Waals surface area contributed by atoms with E-state index in [0.29, 0.717) is 29.0 Å². The van der Waals surface area contributed by atoms with E-state index in [2.05, 4.69) is 30.5 Å². The Morgan fingerprint density at radius 3 is 2.83 bits per heavy atom. The number of hydrogen-bond acceptors (Lipinski definition) is 9. The number of nitrogens with one attached hydrogen (secondary N) is 2. The summed E-state index contributed by atoms with van der Waals surface area (Å²) in [5.74, 6) is 0.842. The average Bonchev–Trinajstić information content (AvgIpc) is 3.07. The zero-order valence-corrected chi connectivity index (χ0v) is 17.2. The van der Waals surface area contributed by atoms with Gasteiger partial charge in [-0.05, 0) is 55.3 Å². The average molecular weight is 426 g/mol. The summed E-state index contributed by atoms with van der Waals surface area (Å²) in [5.41, 5.74) is 8.35. The highest BCUT2D eigenvalue weighted by molar-refractivity contribution is 8.18. The molecule has 0 aliphatic carbocycles. The van der Waals surface area contributed by atoms with Crippen LogP contribution in [-0.2, 0) is 11.3 Å². The summed E-state index contributed by atoms with van der Waals surface area (Å²) in [6.45, 7) is 3.38. The van der Waals surface area contributed by atoms with Gasteiger partial charge in [-0.25, -0.2) is 9.97 Å². The first-order valence-electron chi connectivity index (χ1n) is 9.80. The second kappa shape index (κ2) is 9.23. The lowest BCUT2D eigenvalue weighted by Gasteiger charge is -2.32. The normalized spacial score (nSPS) is 18.8. The van der Waals surface area contributed by atoms with Gasteiger partial charge in [-0.2, -0.15) is 0 Å². The number of imide groups is 1. The molecule has 9 nitrogen and oxygen atoms in total. The highest BCUT2D eigenvalue weighted by Crippen LogP contribution is 2.26. The van der Waals surface area contributed by atoms with E-state index in [-0.39, 0.29) is 11.1 Å². The van der Waals surface area contributed by atoms with Crippen molar-refractivity contribution in [3.63, 3.8) is 0 Å². The first-order valence-corrected chi connectivity index (χ1v) is 10.6. The van der Waals surface area contributed by atoms with Crippen molar-refractivity contribution in [3.8, 4) is 0 Å². The molecular formula is C20H23N7O2S. The molecule has 0 atom stereocenters. The van der Waals surface area contributed by atoms with Crippen molar-refractivity contribution in [2.75, 3.05) is 30.3 Å². The van der Waals surface area contributed by atoms with E-state index >= 15 is 0 Å². The quantitative estimate of drug-likeness (QED) is 0.594.